The van der Waals surface area contributed by atoms with Gasteiger partial charge in [-0.1, -0.05) is 20.8 Å². The number of piperidine rings is 1. The molecule has 15 heavy (non-hydrogen) atoms. The molecule has 0 aromatic carbocycles. The lowest BCUT2D eigenvalue weighted by Crippen LogP contribution is -2.45. The van der Waals surface area contributed by atoms with Gasteiger partial charge < -0.3 is 10.0 Å². The monoisotopic (exact) mass is 231 g/mol. The van der Waals surface area contributed by atoms with Crippen LogP contribution in [0, 0.1) is 5.92 Å². The predicted molar refractivity (Wildman–Crippen MR) is 64.0 cm³/mol. The summed E-state index contributed by atoms with van der Waals surface area (Å²) >= 11 is 1.68. The Labute approximate surface area is 96.2 Å². The Bertz CT molecular complexity index is 221. The third kappa shape index (κ3) is 4.03. The van der Waals surface area contributed by atoms with Crippen molar-refractivity contribution in [1.29, 1.82) is 0 Å². The van der Waals surface area contributed by atoms with Crippen LogP contribution in [0.1, 0.15) is 27.2 Å². The Kier molecular flexibility index (Phi) is 4.93. The molecule has 0 bridgehead atoms. The highest BCUT2D eigenvalue weighted by Crippen LogP contribution is 2.18. The van der Waals surface area contributed by atoms with Gasteiger partial charge in [0.15, 0.2) is 0 Å². The highest BCUT2D eigenvalue weighted by Gasteiger charge is 2.26. The van der Waals surface area contributed by atoms with E-state index in [1.54, 1.807) is 11.8 Å². The fourth-order valence-corrected chi connectivity index (χ4v) is 2.35. The summed E-state index contributed by atoms with van der Waals surface area (Å²) in [7, 11) is 0. The number of thioether (sulfide) groups is 1. The molecule has 0 aromatic rings. The first-order valence-corrected chi connectivity index (χ1v) is 6.63. The molecule has 2 atom stereocenters. The summed E-state index contributed by atoms with van der Waals surface area (Å²) in [6, 6.07) is 0. The van der Waals surface area contributed by atoms with Crippen molar-refractivity contribution in [1.82, 2.24) is 4.90 Å². The minimum Gasteiger partial charge on any atom is -0.393 e. The molecule has 1 saturated heterocycles. The van der Waals surface area contributed by atoms with Crippen LogP contribution in [0.5, 0.6) is 0 Å². The second-order valence-corrected chi connectivity index (χ2v) is 6.10. The summed E-state index contributed by atoms with van der Waals surface area (Å²) in [6.45, 7) is 7.61. The van der Waals surface area contributed by atoms with E-state index in [1.165, 1.54) is 0 Å². The van der Waals surface area contributed by atoms with Crippen molar-refractivity contribution in [3.63, 3.8) is 0 Å². The molecular weight excluding hydrogens is 210 g/mol. The van der Waals surface area contributed by atoms with Crippen LogP contribution in [0.2, 0.25) is 0 Å². The number of aliphatic hydroxyl groups excluding tert-OH is 1. The lowest BCUT2D eigenvalue weighted by Gasteiger charge is -2.34. The van der Waals surface area contributed by atoms with Gasteiger partial charge in [-0.15, -0.1) is 11.8 Å². The number of carbonyl (C=O) groups excluding carboxylic acids is 1. The topological polar surface area (TPSA) is 40.5 Å². The molecule has 2 unspecified atom stereocenters. The molecule has 0 aliphatic carbocycles. The van der Waals surface area contributed by atoms with Gasteiger partial charge in [-0.05, 0) is 17.6 Å². The van der Waals surface area contributed by atoms with Crippen molar-refractivity contribution in [3.8, 4) is 0 Å². The fourth-order valence-electron chi connectivity index (χ4n) is 1.69. The summed E-state index contributed by atoms with van der Waals surface area (Å²) in [5.41, 5.74) is 0. The van der Waals surface area contributed by atoms with Gasteiger partial charge in [0.1, 0.15) is 0 Å². The molecule has 1 aliphatic rings. The average molecular weight is 231 g/mol. The second-order valence-electron chi connectivity index (χ2n) is 4.53. The van der Waals surface area contributed by atoms with Gasteiger partial charge in [-0.25, -0.2) is 0 Å². The minimum absolute atomic E-state index is 0.215. The Morgan fingerprint density at radius 3 is 2.80 bits per heavy atom. The van der Waals surface area contributed by atoms with Gasteiger partial charge in [-0.2, -0.15) is 0 Å². The first kappa shape index (κ1) is 12.8. The predicted octanol–water partition coefficient (Wildman–Crippen LogP) is 1.36. The Morgan fingerprint density at radius 2 is 2.27 bits per heavy atom. The van der Waals surface area contributed by atoms with Crippen molar-refractivity contribution >= 4 is 17.7 Å². The van der Waals surface area contributed by atoms with Crippen LogP contribution in [0.4, 0.5) is 0 Å². The first-order chi connectivity index (χ1) is 7.00. The van der Waals surface area contributed by atoms with Crippen molar-refractivity contribution < 1.29 is 9.90 Å². The molecular formula is C11H21NO2S. The van der Waals surface area contributed by atoms with Crippen molar-refractivity contribution in [3.05, 3.63) is 0 Å². The maximum absolute atomic E-state index is 11.8. The number of likely N-dealkylation sites (tertiary alicyclic amines) is 1. The number of carbonyl (C=O) groups is 1. The molecule has 88 valence electrons. The largest absolute Gasteiger partial charge is 0.393 e. The highest BCUT2D eigenvalue weighted by atomic mass is 32.2. The molecule has 0 radical (unpaired) electrons. The van der Waals surface area contributed by atoms with Crippen LogP contribution < -0.4 is 0 Å². The third-order valence-corrected chi connectivity index (χ3v) is 3.83. The third-order valence-electron chi connectivity index (χ3n) is 2.75. The van der Waals surface area contributed by atoms with E-state index in [-0.39, 0.29) is 17.9 Å². The zero-order valence-corrected chi connectivity index (χ0v) is 10.6. The van der Waals surface area contributed by atoms with Crippen LogP contribution in [-0.2, 0) is 4.79 Å². The van der Waals surface area contributed by atoms with Crippen LogP contribution >= 0.6 is 11.8 Å². The van der Waals surface area contributed by atoms with E-state index < -0.39 is 0 Å². The van der Waals surface area contributed by atoms with E-state index in [9.17, 15) is 9.90 Å². The number of aliphatic hydroxyl groups is 1. The van der Waals surface area contributed by atoms with Gasteiger partial charge in [0, 0.05) is 13.1 Å². The standard InChI is InChI=1S/C11H21NO2S/c1-8(2)15-7-11(14)12-5-4-10(13)9(3)6-12/h8-10,13H,4-7H2,1-3H3. The van der Waals surface area contributed by atoms with Crippen LogP contribution in [0.25, 0.3) is 0 Å². The first-order valence-electron chi connectivity index (χ1n) is 5.58. The number of rotatable bonds is 3. The van der Waals surface area contributed by atoms with E-state index in [0.717, 1.165) is 6.42 Å². The molecule has 1 rings (SSSR count). The highest BCUT2D eigenvalue weighted by molar-refractivity contribution is 8.00. The average Bonchev–Trinajstić information content (AvgIpc) is 2.18. The lowest BCUT2D eigenvalue weighted by atomic mass is 9.97. The maximum Gasteiger partial charge on any atom is 0.232 e. The van der Waals surface area contributed by atoms with E-state index >= 15 is 0 Å². The normalized spacial score (nSPS) is 27.1. The molecule has 3 nitrogen and oxygen atoms in total. The molecule has 1 N–H and O–H groups in total. The molecule has 1 fully saturated rings. The molecule has 1 aliphatic heterocycles. The van der Waals surface area contributed by atoms with Gasteiger partial charge in [0.25, 0.3) is 0 Å². The molecule has 1 amide bonds. The zero-order chi connectivity index (χ0) is 11.4. The SMILES string of the molecule is CC(C)SCC(=O)N1CCC(O)C(C)C1. The summed E-state index contributed by atoms with van der Waals surface area (Å²) in [5.74, 6) is 1.000. The quantitative estimate of drug-likeness (QED) is 0.797. The summed E-state index contributed by atoms with van der Waals surface area (Å²) < 4.78 is 0. The van der Waals surface area contributed by atoms with Crippen molar-refractivity contribution in [2.45, 2.75) is 38.5 Å². The number of hydrogen-bond donors (Lipinski definition) is 1. The lowest BCUT2D eigenvalue weighted by molar-refractivity contribution is -0.131. The van der Waals surface area contributed by atoms with Gasteiger partial charge in [-0.3, -0.25) is 4.79 Å². The van der Waals surface area contributed by atoms with Gasteiger partial charge in [0.2, 0.25) is 5.91 Å². The van der Waals surface area contributed by atoms with Gasteiger partial charge >= 0.3 is 0 Å². The van der Waals surface area contributed by atoms with E-state index in [2.05, 4.69) is 13.8 Å². The number of nitrogens with zero attached hydrogens (tertiary/aromatic N) is 1. The van der Waals surface area contributed by atoms with E-state index in [1.807, 2.05) is 11.8 Å². The van der Waals surface area contributed by atoms with Crippen LogP contribution in [0.15, 0.2) is 0 Å². The molecule has 0 saturated carbocycles. The molecule has 0 aromatic heterocycles. The summed E-state index contributed by atoms with van der Waals surface area (Å²) in [6.07, 6.45) is 0.492. The second kappa shape index (κ2) is 5.75. The van der Waals surface area contributed by atoms with E-state index in [0.29, 0.717) is 24.1 Å². The van der Waals surface area contributed by atoms with Gasteiger partial charge in [0.05, 0.1) is 11.9 Å². The molecule has 1 heterocycles. The van der Waals surface area contributed by atoms with Crippen LogP contribution in [0.3, 0.4) is 0 Å². The zero-order valence-electron chi connectivity index (χ0n) is 9.77. The number of hydrogen-bond acceptors (Lipinski definition) is 3. The number of amides is 1. The van der Waals surface area contributed by atoms with Crippen LogP contribution in [-0.4, -0.2) is 46.1 Å². The summed E-state index contributed by atoms with van der Waals surface area (Å²) in [4.78, 5) is 13.7. The smallest absolute Gasteiger partial charge is 0.232 e. The Morgan fingerprint density at radius 1 is 1.60 bits per heavy atom. The Hall–Kier alpha value is -0.220. The van der Waals surface area contributed by atoms with Crippen molar-refractivity contribution in [2.75, 3.05) is 18.8 Å². The molecule has 4 heteroatoms. The van der Waals surface area contributed by atoms with E-state index in [4.69, 9.17) is 0 Å². The maximum atomic E-state index is 11.8. The fraction of sp³-hybridized carbons (Fsp3) is 0.909. The van der Waals surface area contributed by atoms with Crippen molar-refractivity contribution in [2.24, 2.45) is 5.92 Å². The minimum atomic E-state index is -0.230. The summed E-state index contributed by atoms with van der Waals surface area (Å²) in [5, 5.41) is 10.1. The molecule has 0 spiro atoms. The Balaban J connectivity index is 2.34.